The van der Waals surface area contributed by atoms with Crippen LogP contribution in [0.4, 0.5) is 0 Å². The standard InChI is InChI=1S/C12H16N2O5/c1-4-18-11(17)12(2,3)14-10(16)7-5-8(9(13)15)19-6-7/h5-6H,4H2,1-3H3,(H2,13,15)(H,14,16). The molecule has 104 valence electrons. The fourth-order valence-electron chi connectivity index (χ4n) is 1.30. The van der Waals surface area contributed by atoms with Gasteiger partial charge in [0.2, 0.25) is 0 Å². The van der Waals surface area contributed by atoms with E-state index in [1.165, 1.54) is 19.9 Å². The summed E-state index contributed by atoms with van der Waals surface area (Å²) < 4.78 is 9.65. The van der Waals surface area contributed by atoms with Gasteiger partial charge in [0.25, 0.3) is 11.8 Å². The van der Waals surface area contributed by atoms with Gasteiger partial charge in [-0.05, 0) is 20.8 Å². The monoisotopic (exact) mass is 268 g/mol. The molecule has 7 heteroatoms. The Kier molecular flexibility index (Phi) is 4.31. The van der Waals surface area contributed by atoms with E-state index in [2.05, 4.69) is 5.32 Å². The molecule has 3 N–H and O–H groups in total. The van der Waals surface area contributed by atoms with Crippen LogP contribution in [0.1, 0.15) is 41.7 Å². The molecular weight excluding hydrogens is 252 g/mol. The summed E-state index contributed by atoms with van der Waals surface area (Å²) in [5.41, 5.74) is 3.92. The van der Waals surface area contributed by atoms with Gasteiger partial charge in [-0.3, -0.25) is 9.59 Å². The summed E-state index contributed by atoms with van der Waals surface area (Å²) in [5, 5.41) is 2.48. The number of amides is 2. The van der Waals surface area contributed by atoms with Crippen LogP contribution in [0.25, 0.3) is 0 Å². The molecule has 0 aliphatic carbocycles. The third-order valence-electron chi connectivity index (χ3n) is 2.32. The summed E-state index contributed by atoms with van der Waals surface area (Å²) >= 11 is 0. The van der Waals surface area contributed by atoms with Crippen LogP contribution in [0.2, 0.25) is 0 Å². The molecule has 1 aromatic rings. The molecule has 0 radical (unpaired) electrons. The molecule has 0 aliphatic rings. The molecule has 2 amide bonds. The van der Waals surface area contributed by atoms with Crippen molar-refractivity contribution >= 4 is 17.8 Å². The molecule has 19 heavy (non-hydrogen) atoms. The lowest BCUT2D eigenvalue weighted by atomic mass is 10.1. The number of esters is 1. The van der Waals surface area contributed by atoms with Gasteiger partial charge in [0, 0.05) is 6.07 Å². The van der Waals surface area contributed by atoms with Gasteiger partial charge in [-0.25, -0.2) is 4.79 Å². The summed E-state index contributed by atoms with van der Waals surface area (Å²) in [6, 6.07) is 1.21. The van der Waals surface area contributed by atoms with E-state index in [0.29, 0.717) is 0 Å². The van der Waals surface area contributed by atoms with Gasteiger partial charge in [-0.15, -0.1) is 0 Å². The first-order chi connectivity index (χ1) is 8.77. The quantitative estimate of drug-likeness (QED) is 0.753. The number of hydrogen-bond donors (Lipinski definition) is 2. The molecule has 7 nitrogen and oxygen atoms in total. The van der Waals surface area contributed by atoms with Crippen LogP contribution in [0.3, 0.4) is 0 Å². The summed E-state index contributed by atoms with van der Waals surface area (Å²) in [4.78, 5) is 34.3. The first-order valence-electron chi connectivity index (χ1n) is 5.66. The lowest BCUT2D eigenvalue weighted by Crippen LogP contribution is -2.50. The summed E-state index contributed by atoms with van der Waals surface area (Å²) in [5.74, 6) is -2.01. The van der Waals surface area contributed by atoms with Crippen molar-refractivity contribution in [3.05, 3.63) is 23.7 Å². The second-order valence-corrected chi connectivity index (χ2v) is 4.36. The van der Waals surface area contributed by atoms with Crippen molar-refractivity contribution < 1.29 is 23.5 Å². The molecule has 1 rings (SSSR count). The number of primary amides is 1. The normalized spacial score (nSPS) is 10.9. The van der Waals surface area contributed by atoms with Crippen LogP contribution < -0.4 is 11.1 Å². The van der Waals surface area contributed by atoms with Gasteiger partial charge in [0.05, 0.1) is 12.2 Å². The Balaban J connectivity index is 2.78. The van der Waals surface area contributed by atoms with Crippen molar-refractivity contribution in [2.75, 3.05) is 6.61 Å². The van der Waals surface area contributed by atoms with E-state index < -0.39 is 23.3 Å². The van der Waals surface area contributed by atoms with Crippen LogP contribution in [0.5, 0.6) is 0 Å². The SMILES string of the molecule is CCOC(=O)C(C)(C)NC(=O)c1coc(C(N)=O)c1. The number of ether oxygens (including phenoxy) is 1. The van der Waals surface area contributed by atoms with E-state index in [4.69, 9.17) is 14.9 Å². The fourth-order valence-corrected chi connectivity index (χ4v) is 1.30. The Hall–Kier alpha value is -2.31. The molecule has 0 saturated carbocycles. The Labute approximate surface area is 110 Å². The van der Waals surface area contributed by atoms with Crippen LogP contribution >= 0.6 is 0 Å². The highest BCUT2D eigenvalue weighted by Crippen LogP contribution is 2.11. The van der Waals surface area contributed by atoms with E-state index in [9.17, 15) is 14.4 Å². The lowest BCUT2D eigenvalue weighted by molar-refractivity contribution is -0.149. The highest BCUT2D eigenvalue weighted by atomic mass is 16.5. The van der Waals surface area contributed by atoms with Crippen molar-refractivity contribution in [3.8, 4) is 0 Å². The van der Waals surface area contributed by atoms with Gasteiger partial charge in [0.1, 0.15) is 11.8 Å². The number of furan rings is 1. The van der Waals surface area contributed by atoms with Crippen molar-refractivity contribution in [1.29, 1.82) is 0 Å². The van der Waals surface area contributed by atoms with Gasteiger partial charge in [-0.2, -0.15) is 0 Å². The van der Waals surface area contributed by atoms with Gasteiger partial charge < -0.3 is 20.2 Å². The van der Waals surface area contributed by atoms with E-state index >= 15 is 0 Å². The van der Waals surface area contributed by atoms with Crippen LogP contribution in [0, 0.1) is 0 Å². The number of nitrogens with one attached hydrogen (secondary N) is 1. The second kappa shape index (κ2) is 5.55. The van der Waals surface area contributed by atoms with E-state index in [0.717, 1.165) is 6.26 Å². The lowest BCUT2D eigenvalue weighted by Gasteiger charge is -2.23. The molecule has 1 aromatic heterocycles. The summed E-state index contributed by atoms with van der Waals surface area (Å²) in [7, 11) is 0. The number of nitrogens with two attached hydrogens (primary N) is 1. The molecule has 0 aromatic carbocycles. The second-order valence-electron chi connectivity index (χ2n) is 4.36. The zero-order valence-corrected chi connectivity index (χ0v) is 11.0. The predicted molar refractivity (Wildman–Crippen MR) is 65.4 cm³/mol. The van der Waals surface area contributed by atoms with E-state index in [-0.39, 0.29) is 17.9 Å². The van der Waals surface area contributed by atoms with Crippen LogP contribution in [-0.4, -0.2) is 29.9 Å². The third kappa shape index (κ3) is 3.57. The van der Waals surface area contributed by atoms with E-state index in [1.807, 2.05) is 0 Å². The van der Waals surface area contributed by atoms with Crippen molar-refractivity contribution in [1.82, 2.24) is 5.32 Å². The minimum absolute atomic E-state index is 0.103. The zero-order valence-electron chi connectivity index (χ0n) is 11.0. The molecule has 0 aliphatic heterocycles. The minimum Gasteiger partial charge on any atom is -0.464 e. The average Bonchev–Trinajstić information content (AvgIpc) is 2.78. The minimum atomic E-state index is -1.18. The maximum absolute atomic E-state index is 11.9. The van der Waals surface area contributed by atoms with Crippen molar-refractivity contribution in [2.24, 2.45) is 5.73 Å². The van der Waals surface area contributed by atoms with Gasteiger partial charge in [-0.1, -0.05) is 0 Å². The first-order valence-corrected chi connectivity index (χ1v) is 5.66. The average molecular weight is 268 g/mol. The number of carbonyl (C=O) groups excluding carboxylic acids is 3. The van der Waals surface area contributed by atoms with Crippen LogP contribution in [-0.2, 0) is 9.53 Å². The van der Waals surface area contributed by atoms with Crippen LogP contribution in [0.15, 0.2) is 16.7 Å². The van der Waals surface area contributed by atoms with Gasteiger partial charge in [0.15, 0.2) is 5.76 Å². The maximum Gasteiger partial charge on any atom is 0.331 e. The molecule has 0 atom stereocenters. The highest BCUT2D eigenvalue weighted by Gasteiger charge is 2.31. The topological polar surface area (TPSA) is 112 Å². The number of rotatable bonds is 5. The largest absolute Gasteiger partial charge is 0.464 e. The van der Waals surface area contributed by atoms with Crippen molar-refractivity contribution in [2.45, 2.75) is 26.3 Å². The fraction of sp³-hybridized carbons (Fsp3) is 0.417. The molecule has 1 heterocycles. The molecule has 0 bridgehead atoms. The highest BCUT2D eigenvalue weighted by molar-refractivity contribution is 6.00. The maximum atomic E-state index is 11.9. The predicted octanol–water partition coefficient (Wildman–Crippen LogP) is 0.450. The Morgan fingerprint density at radius 1 is 1.42 bits per heavy atom. The number of carbonyl (C=O) groups is 3. The first kappa shape index (κ1) is 14.7. The third-order valence-corrected chi connectivity index (χ3v) is 2.32. The Morgan fingerprint density at radius 3 is 2.53 bits per heavy atom. The zero-order chi connectivity index (χ0) is 14.6. The summed E-state index contributed by atoms with van der Waals surface area (Å²) in [6.45, 7) is 4.91. The number of hydrogen-bond acceptors (Lipinski definition) is 5. The van der Waals surface area contributed by atoms with Crippen molar-refractivity contribution in [3.63, 3.8) is 0 Å². The summed E-state index contributed by atoms with van der Waals surface area (Å²) in [6.07, 6.45) is 1.09. The van der Waals surface area contributed by atoms with Gasteiger partial charge >= 0.3 is 5.97 Å². The molecular formula is C12H16N2O5. The molecule has 0 saturated heterocycles. The smallest absolute Gasteiger partial charge is 0.331 e. The molecule has 0 unspecified atom stereocenters. The Bertz CT molecular complexity index is 504. The van der Waals surface area contributed by atoms with E-state index in [1.54, 1.807) is 6.92 Å². The molecule has 0 spiro atoms. The molecule has 0 fully saturated rings. The Morgan fingerprint density at radius 2 is 2.05 bits per heavy atom.